The fourth-order valence-corrected chi connectivity index (χ4v) is 5.90. The van der Waals surface area contributed by atoms with Gasteiger partial charge < -0.3 is 20.1 Å². The lowest BCUT2D eigenvalue weighted by Gasteiger charge is -2.32. The Bertz CT molecular complexity index is 1060. The number of nitrogens with one attached hydrogen (secondary N) is 2. The largest absolute Gasteiger partial charge is 0.497 e. The standard InChI is InChI=1S/C24H24F6N4O2S2/c1-35-15-7-3-13(4-8-15)17-11-19(23(25,26)27)33-21(31-17)37-38-22-32-18(12-20(34-22)24(28,29)30)14-5-9-16(36-2)10-6-14/h3-10,17-20H,11-12H2,1-2H3,(H,31,33)(H,32,34)/t17-,18-,19+,20+/m1/s1. The van der Waals surface area contributed by atoms with Crippen molar-refractivity contribution in [3.63, 3.8) is 0 Å². The van der Waals surface area contributed by atoms with Crippen LogP contribution in [-0.2, 0) is 0 Å². The number of ether oxygens (including phenoxy) is 2. The highest BCUT2D eigenvalue weighted by molar-refractivity contribution is 8.87. The number of aliphatic imine (C=N–C) groups is 2. The van der Waals surface area contributed by atoms with Crippen LogP contribution in [-0.4, -0.2) is 49.0 Å². The Kier molecular flexibility index (Phi) is 8.60. The van der Waals surface area contributed by atoms with Gasteiger partial charge in [-0.2, -0.15) is 26.3 Å². The molecule has 2 N–H and O–H groups in total. The molecule has 2 aliphatic rings. The van der Waals surface area contributed by atoms with Gasteiger partial charge in [-0.3, -0.25) is 9.98 Å². The van der Waals surface area contributed by atoms with Crippen molar-refractivity contribution in [3.05, 3.63) is 59.7 Å². The zero-order valence-electron chi connectivity index (χ0n) is 20.1. The summed E-state index contributed by atoms with van der Waals surface area (Å²) >= 11 is 0. The zero-order chi connectivity index (χ0) is 27.5. The van der Waals surface area contributed by atoms with E-state index in [9.17, 15) is 26.3 Å². The molecule has 0 bridgehead atoms. The van der Waals surface area contributed by atoms with E-state index in [0.29, 0.717) is 22.6 Å². The fourth-order valence-electron chi connectivity index (χ4n) is 4.00. The molecule has 38 heavy (non-hydrogen) atoms. The highest BCUT2D eigenvalue weighted by Crippen LogP contribution is 2.40. The van der Waals surface area contributed by atoms with Gasteiger partial charge in [-0.1, -0.05) is 24.3 Å². The van der Waals surface area contributed by atoms with E-state index in [-0.39, 0.29) is 23.2 Å². The van der Waals surface area contributed by atoms with Crippen molar-refractivity contribution in [1.82, 2.24) is 10.6 Å². The van der Waals surface area contributed by atoms with Crippen LogP contribution < -0.4 is 20.1 Å². The second kappa shape index (κ2) is 11.6. The Morgan fingerprint density at radius 3 is 1.29 bits per heavy atom. The first-order valence-electron chi connectivity index (χ1n) is 11.4. The molecule has 0 saturated heterocycles. The molecule has 2 heterocycles. The van der Waals surface area contributed by atoms with Crippen LogP contribution in [0.5, 0.6) is 11.5 Å². The van der Waals surface area contributed by atoms with Gasteiger partial charge in [-0.15, -0.1) is 0 Å². The van der Waals surface area contributed by atoms with Gasteiger partial charge >= 0.3 is 12.4 Å². The van der Waals surface area contributed by atoms with Crippen molar-refractivity contribution in [3.8, 4) is 11.5 Å². The van der Waals surface area contributed by atoms with Gasteiger partial charge in [0.15, 0.2) is 10.3 Å². The van der Waals surface area contributed by atoms with E-state index in [2.05, 4.69) is 20.6 Å². The molecular weight excluding hydrogens is 554 g/mol. The van der Waals surface area contributed by atoms with Gasteiger partial charge in [0.2, 0.25) is 0 Å². The number of halogens is 6. The van der Waals surface area contributed by atoms with Crippen molar-refractivity contribution in [2.24, 2.45) is 9.98 Å². The lowest BCUT2D eigenvalue weighted by molar-refractivity contribution is -0.156. The summed E-state index contributed by atoms with van der Waals surface area (Å²) in [4.78, 5) is 8.82. The molecule has 14 heteroatoms. The van der Waals surface area contributed by atoms with E-state index in [0.717, 1.165) is 21.6 Å². The topological polar surface area (TPSA) is 67.2 Å². The Hall–Kier alpha value is -2.74. The lowest BCUT2D eigenvalue weighted by atomic mass is 9.98. The lowest BCUT2D eigenvalue weighted by Crippen LogP contribution is -2.49. The average Bonchev–Trinajstić information content (AvgIpc) is 2.90. The molecule has 0 unspecified atom stereocenters. The minimum atomic E-state index is -4.54. The molecule has 0 saturated carbocycles. The van der Waals surface area contributed by atoms with E-state index in [1.165, 1.54) is 14.2 Å². The molecule has 2 aliphatic heterocycles. The monoisotopic (exact) mass is 578 g/mol. The van der Waals surface area contributed by atoms with Gasteiger partial charge in [0.1, 0.15) is 23.6 Å². The van der Waals surface area contributed by atoms with Crippen LogP contribution in [0.1, 0.15) is 36.1 Å². The summed E-state index contributed by atoms with van der Waals surface area (Å²) in [6.07, 6.45) is -9.73. The SMILES string of the molecule is COc1ccc([C@H]2C[C@@H](C(F)(F)F)NC(SSC3=N[C@@H](c4ccc(OC)cc4)C[C@@H](C(F)(F)F)N3)=N2)cc1. The molecule has 4 rings (SSSR count). The van der Waals surface area contributed by atoms with Crippen LogP contribution in [0.2, 0.25) is 0 Å². The van der Waals surface area contributed by atoms with Crippen LogP contribution in [0, 0.1) is 0 Å². The minimum absolute atomic E-state index is 0.0518. The third-order valence-electron chi connectivity index (χ3n) is 6.05. The van der Waals surface area contributed by atoms with Gasteiger partial charge in [0.05, 0.1) is 26.3 Å². The summed E-state index contributed by atoms with van der Waals surface area (Å²) < 4.78 is 92.2. The number of hydrogen-bond acceptors (Lipinski definition) is 8. The summed E-state index contributed by atoms with van der Waals surface area (Å²) in [6.45, 7) is 0. The van der Waals surface area contributed by atoms with E-state index in [4.69, 9.17) is 9.47 Å². The Morgan fingerprint density at radius 2 is 1.00 bits per heavy atom. The number of alkyl halides is 6. The quantitative estimate of drug-likeness (QED) is 0.322. The number of rotatable bonds is 4. The van der Waals surface area contributed by atoms with Crippen LogP contribution in [0.3, 0.4) is 0 Å². The zero-order valence-corrected chi connectivity index (χ0v) is 21.8. The highest BCUT2D eigenvalue weighted by atomic mass is 33.1. The Morgan fingerprint density at radius 1 is 0.658 bits per heavy atom. The molecule has 6 nitrogen and oxygen atoms in total. The van der Waals surface area contributed by atoms with Gasteiger partial charge in [-0.05, 0) is 57.0 Å². The molecule has 0 aliphatic carbocycles. The molecule has 0 spiro atoms. The summed E-state index contributed by atoms with van der Waals surface area (Å²) in [5.41, 5.74) is 1.13. The third kappa shape index (κ3) is 7.01. The maximum absolute atomic E-state index is 13.7. The molecule has 0 radical (unpaired) electrons. The summed E-state index contributed by atoms with van der Waals surface area (Å²) in [7, 11) is 4.55. The predicted molar refractivity (Wildman–Crippen MR) is 137 cm³/mol. The van der Waals surface area contributed by atoms with E-state index >= 15 is 0 Å². The third-order valence-corrected chi connectivity index (χ3v) is 8.09. The molecule has 4 atom stereocenters. The maximum atomic E-state index is 13.7. The van der Waals surface area contributed by atoms with Crippen molar-refractivity contribution >= 4 is 31.9 Å². The summed E-state index contributed by atoms with van der Waals surface area (Å²) in [6, 6.07) is 7.76. The molecule has 206 valence electrons. The molecule has 2 aromatic carbocycles. The normalized spacial score (nSPS) is 24.0. The van der Waals surface area contributed by atoms with Crippen LogP contribution >= 0.6 is 21.6 Å². The summed E-state index contributed by atoms with van der Waals surface area (Å²) in [5, 5.41) is 4.65. The van der Waals surface area contributed by atoms with Gasteiger partial charge in [0.25, 0.3) is 0 Å². The number of methoxy groups -OCH3 is 2. The number of nitrogens with zero attached hydrogens (tertiary/aromatic N) is 2. The van der Waals surface area contributed by atoms with Gasteiger partial charge in [-0.25, -0.2) is 0 Å². The second-order valence-electron chi connectivity index (χ2n) is 8.56. The van der Waals surface area contributed by atoms with Crippen molar-refractivity contribution in [2.45, 2.75) is 49.4 Å². The van der Waals surface area contributed by atoms with Crippen molar-refractivity contribution in [2.75, 3.05) is 14.2 Å². The average molecular weight is 579 g/mol. The number of hydrogen-bond donors (Lipinski definition) is 2. The maximum Gasteiger partial charge on any atom is 0.408 e. The fraction of sp³-hybridized carbons (Fsp3) is 0.417. The first-order valence-corrected chi connectivity index (χ1v) is 13.6. The van der Waals surface area contributed by atoms with E-state index in [1.54, 1.807) is 48.5 Å². The van der Waals surface area contributed by atoms with Crippen molar-refractivity contribution < 1.29 is 35.8 Å². The molecule has 0 amide bonds. The second-order valence-corrected chi connectivity index (χ2v) is 10.7. The molecule has 2 aromatic rings. The van der Waals surface area contributed by atoms with Gasteiger partial charge in [0, 0.05) is 12.8 Å². The van der Waals surface area contributed by atoms with Crippen LogP contribution in [0.25, 0.3) is 0 Å². The summed E-state index contributed by atoms with van der Waals surface area (Å²) in [5.74, 6) is 1.10. The van der Waals surface area contributed by atoms with Crippen LogP contribution in [0.15, 0.2) is 58.5 Å². The Labute approximate surface area is 223 Å². The minimum Gasteiger partial charge on any atom is -0.497 e. The van der Waals surface area contributed by atoms with E-state index < -0.39 is 36.5 Å². The molecule has 0 aromatic heterocycles. The molecular formula is C24H24F6N4O2S2. The Balaban J connectivity index is 1.55. The van der Waals surface area contributed by atoms with Crippen LogP contribution in [0.4, 0.5) is 26.3 Å². The first-order chi connectivity index (χ1) is 18.0. The van der Waals surface area contributed by atoms with E-state index in [1.807, 2.05) is 0 Å². The number of amidine groups is 2. The highest BCUT2D eigenvalue weighted by Gasteiger charge is 2.45. The smallest absolute Gasteiger partial charge is 0.408 e. The predicted octanol–water partition coefficient (Wildman–Crippen LogP) is 6.43. The first kappa shape index (κ1) is 28.3. The molecule has 0 fully saturated rings. The number of benzene rings is 2. The van der Waals surface area contributed by atoms with Crippen molar-refractivity contribution in [1.29, 1.82) is 0 Å².